The van der Waals surface area contributed by atoms with Gasteiger partial charge in [-0.05, 0) is 11.6 Å². The highest BCUT2D eigenvalue weighted by atomic mass is 32.2. The van der Waals surface area contributed by atoms with Crippen molar-refractivity contribution in [3.63, 3.8) is 0 Å². The van der Waals surface area contributed by atoms with Crippen LogP contribution in [0.4, 0.5) is 0 Å². The zero-order valence-corrected chi connectivity index (χ0v) is 8.91. The van der Waals surface area contributed by atoms with Crippen LogP contribution in [0.5, 0.6) is 0 Å². The van der Waals surface area contributed by atoms with Gasteiger partial charge in [0.25, 0.3) is 4.20 Å². The summed E-state index contributed by atoms with van der Waals surface area (Å²) in [6.45, 7) is 0. The molecule has 0 radical (unpaired) electrons. The van der Waals surface area contributed by atoms with E-state index in [4.69, 9.17) is 0 Å². The minimum absolute atomic E-state index is 1.26. The van der Waals surface area contributed by atoms with Crippen LogP contribution in [0, 0.1) is 0 Å². The van der Waals surface area contributed by atoms with Gasteiger partial charge in [0.1, 0.15) is 0 Å². The molecule has 2 rings (SSSR count). The van der Waals surface area contributed by atoms with E-state index in [1.807, 2.05) is 29.2 Å². The molecule has 2 heteroatoms. The van der Waals surface area contributed by atoms with Gasteiger partial charge in [0.15, 0.2) is 17.1 Å². The summed E-state index contributed by atoms with van der Waals surface area (Å²) >= 11 is 3.91. The molecule has 1 aromatic rings. The van der Waals surface area contributed by atoms with E-state index in [-0.39, 0.29) is 0 Å². The minimum Gasteiger partial charge on any atom is -0.0622 e. The third-order valence-corrected chi connectivity index (χ3v) is 4.41. The van der Waals surface area contributed by atoms with Gasteiger partial charge in [-0.15, -0.1) is 0 Å². The summed E-state index contributed by atoms with van der Waals surface area (Å²) in [4.78, 5) is 0. The van der Waals surface area contributed by atoms with Crippen LogP contribution in [0.2, 0.25) is 0 Å². The van der Waals surface area contributed by atoms with E-state index in [1.165, 1.54) is 21.3 Å². The molecule has 1 aliphatic rings. The Bertz CT molecular complexity index is 325. The number of hydrogen-bond acceptors (Lipinski definition) is 1. The highest BCUT2D eigenvalue weighted by Gasteiger charge is 2.15. The lowest BCUT2D eigenvalue weighted by Crippen LogP contribution is -1.79. The molecule has 0 N–H and O–H groups in total. The van der Waals surface area contributed by atoms with Crippen molar-refractivity contribution in [2.24, 2.45) is 0 Å². The van der Waals surface area contributed by atoms with Crippen molar-refractivity contribution in [3.05, 3.63) is 42.0 Å². The van der Waals surface area contributed by atoms with Crippen molar-refractivity contribution in [2.75, 3.05) is 11.5 Å². The van der Waals surface area contributed by atoms with Crippen molar-refractivity contribution in [3.8, 4) is 0 Å². The van der Waals surface area contributed by atoms with E-state index >= 15 is 0 Å². The fourth-order valence-corrected chi connectivity index (χ4v) is 3.38. The van der Waals surface area contributed by atoms with Crippen LogP contribution >= 0.6 is 11.8 Å². The van der Waals surface area contributed by atoms with Crippen LogP contribution in [0.3, 0.4) is 0 Å². The average molecular weight is 207 g/mol. The molecular weight excluding hydrogens is 196 g/mol. The van der Waals surface area contributed by atoms with Crippen molar-refractivity contribution >= 4 is 33.4 Å². The maximum Gasteiger partial charge on any atom is 0.258 e. The second-order valence-electron chi connectivity index (χ2n) is 2.76. The molecule has 0 spiro atoms. The fraction of sp³-hybridized carbons (Fsp3) is 0.182. The standard InChI is InChI=1S/C11H11S2/c1-2-4-10(5-3-1)6-7-11-12-8-9-13-11/h1-7H,8-9H2/q+1. The monoisotopic (exact) mass is 207 g/mol. The Labute approximate surface area is 87.0 Å². The van der Waals surface area contributed by atoms with Crippen LogP contribution < -0.4 is 0 Å². The number of benzene rings is 1. The second-order valence-corrected chi connectivity index (χ2v) is 5.29. The highest BCUT2D eigenvalue weighted by Crippen LogP contribution is 2.12. The molecule has 0 amide bonds. The topological polar surface area (TPSA) is 0 Å². The van der Waals surface area contributed by atoms with Gasteiger partial charge in [-0.25, -0.2) is 0 Å². The fourth-order valence-electron chi connectivity index (χ4n) is 1.15. The molecular formula is C11H11S2+. The first kappa shape index (κ1) is 8.97. The van der Waals surface area contributed by atoms with Gasteiger partial charge < -0.3 is 0 Å². The van der Waals surface area contributed by atoms with Gasteiger partial charge in [0.2, 0.25) is 0 Å². The summed E-state index contributed by atoms with van der Waals surface area (Å²) < 4.78 is 1.45. The Morgan fingerprint density at radius 3 is 2.69 bits per heavy atom. The first-order valence-corrected chi connectivity index (χ1v) is 6.28. The van der Waals surface area contributed by atoms with Crippen LogP contribution in [-0.4, -0.2) is 15.7 Å². The van der Waals surface area contributed by atoms with Crippen LogP contribution in [0.15, 0.2) is 36.4 Å². The van der Waals surface area contributed by atoms with E-state index in [0.29, 0.717) is 0 Å². The van der Waals surface area contributed by atoms with Crippen molar-refractivity contribution in [1.29, 1.82) is 0 Å². The summed E-state index contributed by atoms with van der Waals surface area (Å²) in [7, 11) is 0. The van der Waals surface area contributed by atoms with E-state index in [0.717, 1.165) is 0 Å². The predicted molar refractivity (Wildman–Crippen MR) is 65.2 cm³/mol. The third-order valence-electron chi connectivity index (χ3n) is 1.78. The minimum atomic E-state index is 1.26. The zero-order valence-electron chi connectivity index (χ0n) is 7.27. The van der Waals surface area contributed by atoms with Gasteiger partial charge in [-0.2, -0.15) is 0 Å². The van der Waals surface area contributed by atoms with E-state index in [9.17, 15) is 0 Å². The molecule has 0 fully saturated rings. The zero-order chi connectivity index (χ0) is 8.93. The first-order valence-electron chi connectivity index (χ1n) is 4.31. The van der Waals surface area contributed by atoms with Gasteiger partial charge in [0.05, 0.1) is 5.75 Å². The van der Waals surface area contributed by atoms with Gasteiger partial charge in [-0.1, -0.05) is 42.1 Å². The Morgan fingerprint density at radius 1 is 1.15 bits per heavy atom. The summed E-state index contributed by atoms with van der Waals surface area (Å²) in [5.41, 5.74) is 1.28. The van der Waals surface area contributed by atoms with Crippen LogP contribution in [0.25, 0.3) is 6.08 Å². The average Bonchev–Trinajstić information content (AvgIpc) is 2.69. The molecule has 0 unspecified atom stereocenters. The molecule has 0 saturated carbocycles. The summed E-state index contributed by atoms with van der Waals surface area (Å²) in [6, 6.07) is 10.4. The Morgan fingerprint density at radius 2 is 2.00 bits per heavy atom. The van der Waals surface area contributed by atoms with Gasteiger partial charge in [-0.3, -0.25) is 0 Å². The summed E-state index contributed by atoms with van der Waals surface area (Å²) in [5, 5.41) is 0. The normalized spacial score (nSPS) is 16.5. The molecule has 1 heterocycles. The summed E-state index contributed by atoms with van der Waals surface area (Å²) in [5.74, 6) is 2.53. The van der Waals surface area contributed by atoms with Gasteiger partial charge >= 0.3 is 0 Å². The molecule has 0 saturated heterocycles. The molecule has 13 heavy (non-hydrogen) atoms. The van der Waals surface area contributed by atoms with Gasteiger partial charge in [0, 0.05) is 6.08 Å². The number of thioether (sulfide) groups is 1. The molecule has 1 aromatic carbocycles. The smallest absolute Gasteiger partial charge is 0.0622 e. The van der Waals surface area contributed by atoms with E-state index in [2.05, 4.69) is 36.4 Å². The quantitative estimate of drug-likeness (QED) is 0.408. The lowest BCUT2D eigenvalue weighted by molar-refractivity contribution is 1.58. The maximum atomic E-state index is 2.22. The Balaban J connectivity index is 2.05. The Kier molecular flexibility index (Phi) is 3.16. The molecule has 0 nitrogen and oxygen atoms in total. The predicted octanol–water partition coefficient (Wildman–Crippen LogP) is 2.66. The van der Waals surface area contributed by atoms with Crippen molar-refractivity contribution < 1.29 is 0 Å². The highest BCUT2D eigenvalue weighted by molar-refractivity contribution is 8.25. The van der Waals surface area contributed by atoms with E-state index in [1.54, 1.807) is 0 Å². The number of rotatable bonds is 2. The van der Waals surface area contributed by atoms with Crippen molar-refractivity contribution in [1.82, 2.24) is 0 Å². The second kappa shape index (κ2) is 4.58. The van der Waals surface area contributed by atoms with E-state index < -0.39 is 0 Å². The van der Waals surface area contributed by atoms with Crippen LogP contribution in [0.1, 0.15) is 5.56 Å². The molecule has 0 aliphatic carbocycles. The first-order chi connectivity index (χ1) is 6.45. The lowest BCUT2D eigenvalue weighted by Gasteiger charge is -1.88. The third kappa shape index (κ3) is 2.68. The Hall–Kier alpha value is -0.600. The van der Waals surface area contributed by atoms with Crippen LogP contribution in [-0.2, 0) is 11.4 Å². The summed E-state index contributed by atoms with van der Waals surface area (Å²) in [6.07, 6.45) is 4.40. The molecule has 0 atom stereocenters. The van der Waals surface area contributed by atoms with Crippen molar-refractivity contribution in [2.45, 2.75) is 0 Å². The molecule has 1 aliphatic heterocycles. The SMILES string of the molecule is C(=Cc1ccccc1)C1=[S+]CCS1. The lowest BCUT2D eigenvalue weighted by atomic mass is 10.2. The molecule has 66 valence electrons. The molecule has 0 bridgehead atoms. The largest absolute Gasteiger partial charge is 0.258 e. The maximum absolute atomic E-state index is 2.22. The molecule has 0 aromatic heterocycles. The number of hydrogen-bond donors (Lipinski definition) is 0.